The first-order valence-corrected chi connectivity index (χ1v) is 10.5. The van der Waals surface area contributed by atoms with E-state index in [1.165, 1.54) is 12.1 Å². The summed E-state index contributed by atoms with van der Waals surface area (Å²) in [6.07, 6.45) is 4.82. The second kappa shape index (κ2) is 7.34. The molecule has 0 saturated heterocycles. The molecule has 0 fully saturated rings. The number of rotatable bonds is 3. The van der Waals surface area contributed by atoms with Crippen LogP contribution >= 0.6 is 0 Å². The van der Waals surface area contributed by atoms with E-state index in [0.717, 1.165) is 29.7 Å². The number of aryl methyl sites for hydroxylation is 2. The maximum atomic E-state index is 14.0. The van der Waals surface area contributed by atoms with Crippen LogP contribution in [0.1, 0.15) is 47.8 Å². The second-order valence-electron chi connectivity index (χ2n) is 8.24. The molecule has 0 bridgehead atoms. The summed E-state index contributed by atoms with van der Waals surface area (Å²) in [6, 6.07) is 8.49. The van der Waals surface area contributed by atoms with Gasteiger partial charge in [0.25, 0.3) is 5.91 Å². The average Bonchev–Trinajstić information content (AvgIpc) is 3.41. The summed E-state index contributed by atoms with van der Waals surface area (Å²) < 4.78 is 21.3. The van der Waals surface area contributed by atoms with Gasteiger partial charge in [0, 0.05) is 12.6 Å². The number of furan rings is 1. The molecular formula is C24H23FN4O2. The first-order chi connectivity index (χ1) is 14.9. The van der Waals surface area contributed by atoms with Crippen molar-refractivity contribution in [3.63, 3.8) is 0 Å². The van der Waals surface area contributed by atoms with Crippen LogP contribution in [0.25, 0.3) is 22.5 Å². The molecular weight excluding hydrogens is 395 g/mol. The highest BCUT2D eigenvalue weighted by molar-refractivity contribution is 6.14. The van der Waals surface area contributed by atoms with E-state index in [0.29, 0.717) is 34.6 Å². The maximum Gasteiger partial charge on any atom is 0.259 e. The molecule has 4 heterocycles. The Bertz CT molecular complexity index is 1290. The molecule has 0 unspecified atom stereocenters. The Morgan fingerprint density at radius 2 is 2.10 bits per heavy atom. The van der Waals surface area contributed by atoms with E-state index in [1.807, 2.05) is 31.5 Å². The highest BCUT2D eigenvalue weighted by Gasteiger charge is 2.29. The highest BCUT2D eigenvalue weighted by atomic mass is 19.1. The summed E-state index contributed by atoms with van der Waals surface area (Å²) in [4.78, 5) is 20.4. The summed E-state index contributed by atoms with van der Waals surface area (Å²) in [5.74, 6) is 0.180. The normalized spacial score (nSPS) is 13.8. The Morgan fingerprint density at radius 3 is 2.84 bits per heavy atom. The summed E-state index contributed by atoms with van der Waals surface area (Å²) >= 11 is 0. The fourth-order valence-electron chi connectivity index (χ4n) is 4.39. The molecule has 5 rings (SSSR count). The quantitative estimate of drug-likeness (QED) is 0.452. The molecule has 0 aliphatic carbocycles. The number of halogens is 1. The molecule has 6 nitrogen and oxygen atoms in total. The molecule has 0 atom stereocenters. The first-order valence-electron chi connectivity index (χ1n) is 10.5. The molecule has 4 aromatic rings. The van der Waals surface area contributed by atoms with Crippen LogP contribution in [-0.4, -0.2) is 27.2 Å². The Balaban J connectivity index is 1.70. The lowest BCUT2D eigenvalue weighted by molar-refractivity contribution is 0.0986. The van der Waals surface area contributed by atoms with E-state index in [1.54, 1.807) is 29.5 Å². The van der Waals surface area contributed by atoms with Crippen molar-refractivity contribution in [2.24, 2.45) is 0 Å². The van der Waals surface area contributed by atoms with Crippen molar-refractivity contribution in [1.29, 1.82) is 0 Å². The number of anilines is 1. The molecule has 0 N–H and O–H groups in total. The van der Waals surface area contributed by atoms with Gasteiger partial charge in [-0.15, -0.1) is 0 Å². The number of benzene rings is 1. The zero-order valence-corrected chi connectivity index (χ0v) is 17.7. The molecule has 0 radical (unpaired) electrons. The minimum Gasteiger partial charge on any atom is -0.463 e. The number of amides is 1. The van der Waals surface area contributed by atoms with E-state index < -0.39 is 0 Å². The van der Waals surface area contributed by atoms with Crippen LogP contribution < -0.4 is 4.90 Å². The zero-order chi connectivity index (χ0) is 21.7. The smallest absolute Gasteiger partial charge is 0.259 e. The van der Waals surface area contributed by atoms with E-state index in [4.69, 9.17) is 9.40 Å². The van der Waals surface area contributed by atoms with Crippen molar-refractivity contribution >= 4 is 22.6 Å². The zero-order valence-electron chi connectivity index (χ0n) is 17.7. The molecule has 0 saturated carbocycles. The predicted molar refractivity (Wildman–Crippen MR) is 117 cm³/mol. The number of pyridine rings is 1. The number of hydrogen-bond acceptors (Lipinski definition) is 4. The lowest BCUT2D eigenvalue weighted by Crippen LogP contribution is -2.36. The predicted octanol–water partition coefficient (Wildman–Crippen LogP) is 5.31. The van der Waals surface area contributed by atoms with Gasteiger partial charge in [0.1, 0.15) is 11.5 Å². The Kier molecular flexibility index (Phi) is 4.61. The van der Waals surface area contributed by atoms with Crippen molar-refractivity contribution in [2.45, 2.75) is 39.7 Å². The van der Waals surface area contributed by atoms with Crippen LogP contribution in [0.4, 0.5) is 10.1 Å². The van der Waals surface area contributed by atoms with Crippen molar-refractivity contribution in [2.75, 3.05) is 11.4 Å². The van der Waals surface area contributed by atoms with Gasteiger partial charge < -0.3 is 9.32 Å². The highest BCUT2D eigenvalue weighted by Crippen LogP contribution is 2.34. The summed E-state index contributed by atoms with van der Waals surface area (Å²) in [5, 5.41) is 5.18. The van der Waals surface area contributed by atoms with Crippen LogP contribution in [0.15, 0.2) is 47.2 Å². The fraction of sp³-hybridized carbons (Fsp3) is 0.292. The molecule has 31 heavy (non-hydrogen) atoms. The number of hydrogen-bond donors (Lipinski definition) is 0. The van der Waals surface area contributed by atoms with Crippen molar-refractivity contribution in [3.8, 4) is 11.5 Å². The molecule has 158 valence electrons. The number of carbonyl (C=O) groups excluding carboxylic acids is 1. The topological polar surface area (TPSA) is 64.2 Å². The average molecular weight is 418 g/mol. The van der Waals surface area contributed by atoms with E-state index in [-0.39, 0.29) is 17.8 Å². The van der Waals surface area contributed by atoms with Gasteiger partial charge in [0.05, 0.1) is 29.1 Å². The minimum absolute atomic E-state index is 0.0840. The lowest BCUT2D eigenvalue weighted by atomic mass is 9.96. The standard InChI is InChI=1S/C24H23FN4O2/c1-14(2)29-23-19(13-26-29)18(12-20(27-23)21-7-5-9-31-21)24(30)28-8-4-6-16-11-17(25)10-15(3)22(16)28/h5,7,9-14H,4,6,8H2,1-3H3. The first kappa shape index (κ1) is 19.5. The number of aromatic nitrogens is 3. The molecule has 3 aromatic heterocycles. The number of fused-ring (bicyclic) bond motifs is 2. The number of carbonyl (C=O) groups is 1. The Morgan fingerprint density at radius 1 is 1.26 bits per heavy atom. The number of nitrogens with zero attached hydrogens (tertiary/aromatic N) is 4. The third kappa shape index (κ3) is 3.21. The van der Waals surface area contributed by atoms with E-state index in [9.17, 15) is 9.18 Å². The van der Waals surface area contributed by atoms with Crippen molar-refractivity contribution < 1.29 is 13.6 Å². The van der Waals surface area contributed by atoms with Crippen LogP contribution in [0.3, 0.4) is 0 Å². The lowest BCUT2D eigenvalue weighted by Gasteiger charge is -2.31. The Hall–Kier alpha value is -3.48. The molecule has 7 heteroatoms. The van der Waals surface area contributed by atoms with Crippen LogP contribution in [-0.2, 0) is 6.42 Å². The summed E-state index contributed by atoms with van der Waals surface area (Å²) in [7, 11) is 0. The van der Waals surface area contributed by atoms with E-state index >= 15 is 0 Å². The summed E-state index contributed by atoms with van der Waals surface area (Å²) in [5.41, 5.74) is 4.17. The third-order valence-electron chi connectivity index (χ3n) is 5.75. The van der Waals surface area contributed by atoms with Gasteiger partial charge in [-0.2, -0.15) is 5.10 Å². The van der Waals surface area contributed by atoms with Crippen LogP contribution in [0.5, 0.6) is 0 Å². The monoisotopic (exact) mass is 418 g/mol. The minimum atomic E-state index is -0.268. The van der Waals surface area contributed by atoms with Gasteiger partial charge in [-0.3, -0.25) is 4.79 Å². The van der Waals surface area contributed by atoms with Gasteiger partial charge in [-0.25, -0.2) is 14.1 Å². The van der Waals surface area contributed by atoms with Gasteiger partial charge >= 0.3 is 0 Å². The van der Waals surface area contributed by atoms with Gasteiger partial charge in [-0.1, -0.05) is 0 Å². The second-order valence-corrected chi connectivity index (χ2v) is 8.24. The molecule has 0 spiro atoms. The SMILES string of the molecule is Cc1cc(F)cc2c1N(C(=O)c1cc(-c3ccco3)nc3c1cnn3C(C)C)CCC2. The summed E-state index contributed by atoms with van der Waals surface area (Å²) in [6.45, 7) is 6.47. The van der Waals surface area contributed by atoms with Gasteiger partial charge in [-0.05, 0) is 75.1 Å². The third-order valence-corrected chi connectivity index (χ3v) is 5.75. The van der Waals surface area contributed by atoms with Crippen LogP contribution in [0.2, 0.25) is 0 Å². The molecule has 1 amide bonds. The molecule has 1 aliphatic rings. The van der Waals surface area contributed by atoms with Crippen LogP contribution in [0, 0.1) is 12.7 Å². The van der Waals surface area contributed by atoms with Gasteiger partial charge in [0.15, 0.2) is 11.4 Å². The molecule has 1 aliphatic heterocycles. The Labute approximate surface area is 179 Å². The van der Waals surface area contributed by atoms with E-state index in [2.05, 4.69) is 5.10 Å². The maximum absolute atomic E-state index is 14.0. The largest absolute Gasteiger partial charge is 0.463 e. The van der Waals surface area contributed by atoms with Crippen molar-refractivity contribution in [1.82, 2.24) is 14.8 Å². The van der Waals surface area contributed by atoms with Gasteiger partial charge in [0.2, 0.25) is 0 Å². The molecule has 1 aromatic carbocycles. The fourth-order valence-corrected chi connectivity index (χ4v) is 4.39. The van der Waals surface area contributed by atoms with Crippen molar-refractivity contribution in [3.05, 3.63) is 65.3 Å².